The molecule has 1 aliphatic rings. The van der Waals surface area contributed by atoms with Crippen LogP contribution in [0.5, 0.6) is 0 Å². The minimum atomic E-state index is -1.01. The monoisotopic (exact) mass is 275 g/mol. The standard InChI is InChI=1S/C14H13NO3S/c16-8-14(5-6-14)10-3-1-9(2-4-10)11-7-19-15-12(11)13(17)18/h1-4,7,16H,5-6,8H2,(H,17,18). The maximum absolute atomic E-state index is 11.0. The quantitative estimate of drug-likeness (QED) is 0.899. The summed E-state index contributed by atoms with van der Waals surface area (Å²) in [4.78, 5) is 11.0. The van der Waals surface area contributed by atoms with Gasteiger partial charge in [0, 0.05) is 16.4 Å². The van der Waals surface area contributed by atoms with Crippen LogP contribution in [0.3, 0.4) is 0 Å². The average molecular weight is 275 g/mol. The van der Waals surface area contributed by atoms with E-state index in [4.69, 9.17) is 5.11 Å². The Kier molecular flexibility index (Phi) is 2.88. The number of carboxylic acids is 1. The van der Waals surface area contributed by atoms with Gasteiger partial charge in [-0.2, -0.15) is 4.37 Å². The maximum Gasteiger partial charge on any atom is 0.356 e. The summed E-state index contributed by atoms with van der Waals surface area (Å²) >= 11 is 1.15. The van der Waals surface area contributed by atoms with E-state index in [0.29, 0.717) is 5.56 Å². The SMILES string of the molecule is O=C(O)c1nscc1-c1ccc(C2(CO)CC2)cc1. The Morgan fingerprint density at radius 1 is 1.32 bits per heavy atom. The summed E-state index contributed by atoms with van der Waals surface area (Å²) in [6.07, 6.45) is 2.03. The number of hydrogen-bond acceptors (Lipinski definition) is 4. The van der Waals surface area contributed by atoms with Crippen LogP contribution in [-0.2, 0) is 5.41 Å². The van der Waals surface area contributed by atoms with E-state index in [2.05, 4.69) is 4.37 Å². The van der Waals surface area contributed by atoms with Crippen LogP contribution in [0, 0.1) is 0 Å². The molecule has 1 aromatic heterocycles. The Balaban J connectivity index is 1.95. The van der Waals surface area contributed by atoms with E-state index in [9.17, 15) is 9.90 Å². The Morgan fingerprint density at radius 2 is 2.00 bits per heavy atom. The molecule has 0 radical (unpaired) electrons. The molecule has 0 bridgehead atoms. The van der Waals surface area contributed by atoms with Crippen LogP contribution in [0.4, 0.5) is 0 Å². The van der Waals surface area contributed by atoms with E-state index in [0.717, 1.165) is 35.5 Å². The van der Waals surface area contributed by atoms with Gasteiger partial charge in [0.2, 0.25) is 0 Å². The molecule has 1 aliphatic carbocycles. The lowest BCUT2D eigenvalue weighted by molar-refractivity contribution is 0.0693. The molecule has 0 spiro atoms. The Morgan fingerprint density at radius 3 is 2.53 bits per heavy atom. The number of aliphatic hydroxyl groups excluding tert-OH is 1. The molecule has 0 amide bonds. The van der Waals surface area contributed by atoms with Crippen molar-refractivity contribution in [2.24, 2.45) is 0 Å². The van der Waals surface area contributed by atoms with Crippen LogP contribution in [0.1, 0.15) is 28.9 Å². The number of rotatable bonds is 4. The number of carboxylic acid groups (broad SMARTS) is 1. The van der Waals surface area contributed by atoms with Crippen LogP contribution in [0.2, 0.25) is 0 Å². The van der Waals surface area contributed by atoms with Gasteiger partial charge < -0.3 is 10.2 Å². The van der Waals surface area contributed by atoms with Crippen molar-refractivity contribution in [2.75, 3.05) is 6.61 Å². The lowest BCUT2D eigenvalue weighted by atomic mass is 9.94. The fraction of sp³-hybridized carbons (Fsp3) is 0.286. The van der Waals surface area contributed by atoms with Crippen molar-refractivity contribution in [2.45, 2.75) is 18.3 Å². The molecule has 0 unspecified atom stereocenters. The first-order valence-corrected chi connectivity index (χ1v) is 6.89. The fourth-order valence-corrected chi connectivity index (χ4v) is 2.98. The van der Waals surface area contributed by atoms with Gasteiger partial charge in [0.15, 0.2) is 5.69 Å². The van der Waals surface area contributed by atoms with Gasteiger partial charge in [-0.25, -0.2) is 4.79 Å². The third-order valence-electron chi connectivity index (χ3n) is 3.74. The molecule has 0 aliphatic heterocycles. The Bertz CT molecular complexity index is 614. The lowest BCUT2D eigenvalue weighted by Gasteiger charge is -2.12. The number of benzene rings is 1. The van der Waals surface area contributed by atoms with Gasteiger partial charge in [0.05, 0.1) is 6.61 Å². The molecule has 4 nitrogen and oxygen atoms in total. The summed E-state index contributed by atoms with van der Waals surface area (Å²) < 4.78 is 3.89. The third-order valence-corrected chi connectivity index (χ3v) is 4.37. The first-order valence-electron chi connectivity index (χ1n) is 6.06. The number of aromatic carboxylic acids is 1. The maximum atomic E-state index is 11.0. The molecule has 0 atom stereocenters. The number of aromatic nitrogens is 1. The predicted octanol–water partition coefficient (Wildman–Crippen LogP) is 2.53. The first-order chi connectivity index (χ1) is 9.16. The topological polar surface area (TPSA) is 70.4 Å². The Labute approximate surface area is 114 Å². The second-order valence-corrected chi connectivity index (χ2v) is 5.53. The largest absolute Gasteiger partial charge is 0.476 e. The molecular formula is C14H13NO3S. The summed E-state index contributed by atoms with van der Waals surface area (Å²) in [6, 6.07) is 7.76. The molecule has 3 rings (SSSR count). The highest BCUT2D eigenvalue weighted by Gasteiger charge is 2.43. The van der Waals surface area contributed by atoms with E-state index in [1.165, 1.54) is 0 Å². The average Bonchev–Trinajstić information content (AvgIpc) is 3.07. The van der Waals surface area contributed by atoms with E-state index >= 15 is 0 Å². The van der Waals surface area contributed by atoms with Gasteiger partial charge in [-0.1, -0.05) is 24.3 Å². The van der Waals surface area contributed by atoms with Crippen LogP contribution in [0.15, 0.2) is 29.6 Å². The van der Waals surface area contributed by atoms with Crippen molar-refractivity contribution >= 4 is 17.5 Å². The Hall–Kier alpha value is -1.72. The molecule has 98 valence electrons. The molecule has 2 aromatic rings. The van der Waals surface area contributed by atoms with Crippen molar-refractivity contribution in [3.63, 3.8) is 0 Å². The predicted molar refractivity (Wildman–Crippen MR) is 72.5 cm³/mol. The summed E-state index contributed by atoms with van der Waals surface area (Å²) in [7, 11) is 0. The van der Waals surface area contributed by atoms with Gasteiger partial charge in [-0.15, -0.1) is 0 Å². The normalized spacial score (nSPS) is 16.3. The van der Waals surface area contributed by atoms with E-state index in [-0.39, 0.29) is 17.7 Å². The smallest absolute Gasteiger partial charge is 0.356 e. The second kappa shape index (κ2) is 4.43. The van der Waals surface area contributed by atoms with E-state index in [1.807, 2.05) is 24.3 Å². The summed E-state index contributed by atoms with van der Waals surface area (Å²) in [5, 5.41) is 20.2. The zero-order valence-corrected chi connectivity index (χ0v) is 11.0. The van der Waals surface area contributed by atoms with Gasteiger partial charge in [0.25, 0.3) is 0 Å². The van der Waals surface area contributed by atoms with Crippen molar-refractivity contribution in [1.29, 1.82) is 0 Å². The minimum Gasteiger partial charge on any atom is -0.476 e. The molecule has 1 heterocycles. The zero-order chi connectivity index (χ0) is 13.5. The molecule has 2 N–H and O–H groups in total. The second-order valence-electron chi connectivity index (χ2n) is 4.90. The van der Waals surface area contributed by atoms with Crippen LogP contribution >= 0.6 is 11.5 Å². The number of hydrogen-bond donors (Lipinski definition) is 2. The van der Waals surface area contributed by atoms with Gasteiger partial charge >= 0.3 is 5.97 Å². The minimum absolute atomic E-state index is 0.0545. The van der Waals surface area contributed by atoms with Gasteiger partial charge in [-0.3, -0.25) is 0 Å². The fourth-order valence-electron chi connectivity index (χ4n) is 2.29. The molecule has 1 fully saturated rings. The van der Waals surface area contributed by atoms with E-state index in [1.54, 1.807) is 5.38 Å². The van der Waals surface area contributed by atoms with Crippen LogP contribution in [0.25, 0.3) is 11.1 Å². The third kappa shape index (κ3) is 2.05. The van der Waals surface area contributed by atoms with Gasteiger partial charge in [0.1, 0.15) is 0 Å². The summed E-state index contributed by atoms with van der Waals surface area (Å²) in [5.74, 6) is -1.01. The number of carbonyl (C=O) groups is 1. The molecule has 19 heavy (non-hydrogen) atoms. The van der Waals surface area contributed by atoms with Crippen molar-refractivity contribution in [3.05, 3.63) is 40.9 Å². The zero-order valence-electron chi connectivity index (χ0n) is 10.2. The lowest BCUT2D eigenvalue weighted by Crippen LogP contribution is -2.11. The van der Waals surface area contributed by atoms with Crippen molar-refractivity contribution < 1.29 is 15.0 Å². The van der Waals surface area contributed by atoms with Crippen LogP contribution < -0.4 is 0 Å². The number of nitrogens with zero attached hydrogens (tertiary/aromatic N) is 1. The molecule has 0 saturated heterocycles. The highest BCUT2D eigenvalue weighted by Crippen LogP contribution is 2.47. The summed E-state index contributed by atoms with van der Waals surface area (Å²) in [6.45, 7) is 0.173. The highest BCUT2D eigenvalue weighted by molar-refractivity contribution is 7.04. The molecular weight excluding hydrogens is 262 g/mol. The number of aliphatic hydroxyl groups is 1. The molecule has 1 saturated carbocycles. The molecule has 5 heteroatoms. The first kappa shape index (κ1) is 12.3. The summed E-state index contributed by atoms with van der Waals surface area (Å²) in [5.41, 5.74) is 2.67. The van der Waals surface area contributed by atoms with Crippen LogP contribution in [-0.4, -0.2) is 27.2 Å². The highest BCUT2D eigenvalue weighted by atomic mass is 32.1. The van der Waals surface area contributed by atoms with Crippen molar-refractivity contribution in [1.82, 2.24) is 4.37 Å². The van der Waals surface area contributed by atoms with E-state index < -0.39 is 5.97 Å². The van der Waals surface area contributed by atoms with Gasteiger partial charge in [-0.05, 0) is 35.5 Å². The molecule has 1 aromatic carbocycles. The van der Waals surface area contributed by atoms with Crippen molar-refractivity contribution in [3.8, 4) is 11.1 Å².